The van der Waals surface area contributed by atoms with Gasteiger partial charge in [0.1, 0.15) is 16.2 Å². The van der Waals surface area contributed by atoms with Gasteiger partial charge in [-0.05, 0) is 40.2 Å². The Hall–Kier alpha value is -2.01. The van der Waals surface area contributed by atoms with E-state index < -0.39 is 0 Å². The molecule has 0 fully saturated rings. The molecular weight excluding hydrogens is 308 g/mol. The SMILES string of the molecule is COc1cccc(-c2nc(Br)c3cccc(O)n23)c1. The molecular formula is C14H11BrN2O2. The normalized spacial score (nSPS) is 10.8. The molecule has 0 unspecified atom stereocenters. The van der Waals surface area contributed by atoms with Gasteiger partial charge in [0, 0.05) is 5.56 Å². The van der Waals surface area contributed by atoms with Gasteiger partial charge in [-0.15, -0.1) is 0 Å². The number of halogens is 1. The van der Waals surface area contributed by atoms with Crippen molar-refractivity contribution in [2.24, 2.45) is 0 Å². The van der Waals surface area contributed by atoms with Crippen LogP contribution in [0.2, 0.25) is 0 Å². The van der Waals surface area contributed by atoms with Gasteiger partial charge in [-0.2, -0.15) is 0 Å². The molecule has 2 aromatic heterocycles. The van der Waals surface area contributed by atoms with E-state index in [1.165, 1.54) is 0 Å². The largest absolute Gasteiger partial charge is 0.497 e. The van der Waals surface area contributed by atoms with E-state index in [-0.39, 0.29) is 5.88 Å². The van der Waals surface area contributed by atoms with Gasteiger partial charge in [-0.3, -0.25) is 4.40 Å². The molecule has 0 aliphatic carbocycles. The average Bonchev–Trinajstić information content (AvgIpc) is 2.78. The minimum absolute atomic E-state index is 0.147. The summed E-state index contributed by atoms with van der Waals surface area (Å²) >= 11 is 3.41. The lowest BCUT2D eigenvalue weighted by Crippen LogP contribution is -1.91. The highest BCUT2D eigenvalue weighted by molar-refractivity contribution is 9.10. The minimum Gasteiger partial charge on any atom is -0.497 e. The number of rotatable bonds is 2. The highest BCUT2D eigenvalue weighted by atomic mass is 79.9. The first-order valence-corrected chi connectivity index (χ1v) is 6.50. The molecule has 1 aromatic carbocycles. The maximum absolute atomic E-state index is 10.0. The predicted octanol–water partition coefficient (Wildman–Crippen LogP) is 3.48. The molecule has 96 valence electrons. The Morgan fingerprint density at radius 2 is 2.00 bits per heavy atom. The van der Waals surface area contributed by atoms with Crippen LogP contribution in [0.1, 0.15) is 0 Å². The van der Waals surface area contributed by atoms with E-state index in [9.17, 15) is 5.11 Å². The highest BCUT2D eigenvalue weighted by Gasteiger charge is 2.13. The quantitative estimate of drug-likeness (QED) is 0.787. The first-order chi connectivity index (χ1) is 9.20. The van der Waals surface area contributed by atoms with Gasteiger partial charge >= 0.3 is 0 Å². The Kier molecular flexibility index (Phi) is 2.91. The summed E-state index contributed by atoms with van der Waals surface area (Å²) in [5, 5.41) is 10.0. The van der Waals surface area contributed by atoms with Crippen molar-refractivity contribution in [3.8, 4) is 23.0 Å². The van der Waals surface area contributed by atoms with Crippen LogP contribution in [-0.2, 0) is 0 Å². The zero-order valence-corrected chi connectivity index (χ0v) is 11.8. The van der Waals surface area contributed by atoms with Crippen LogP contribution >= 0.6 is 15.9 Å². The molecule has 5 heteroatoms. The highest BCUT2D eigenvalue weighted by Crippen LogP contribution is 2.31. The monoisotopic (exact) mass is 318 g/mol. The van der Waals surface area contributed by atoms with E-state index in [1.54, 1.807) is 23.6 Å². The number of imidazole rings is 1. The molecule has 2 heterocycles. The van der Waals surface area contributed by atoms with Gasteiger partial charge in [-0.1, -0.05) is 18.2 Å². The van der Waals surface area contributed by atoms with Crippen LogP contribution in [0.15, 0.2) is 47.1 Å². The van der Waals surface area contributed by atoms with E-state index in [1.807, 2.05) is 30.3 Å². The van der Waals surface area contributed by atoms with Crippen molar-refractivity contribution >= 4 is 21.4 Å². The van der Waals surface area contributed by atoms with Crippen molar-refractivity contribution in [2.45, 2.75) is 0 Å². The standard InChI is InChI=1S/C14H11BrN2O2/c1-19-10-5-2-4-9(8-10)14-16-13(15)11-6-3-7-12(18)17(11)14/h2-8,18H,1H3. The summed E-state index contributed by atoms with van der Waals surface area (Å²) < 4.78 is 7.60. The maximum atomic E-state index is 10.0. The molecule has 3 rings (SSSR count). The second-order valence-electron chi connectivity index (χ2n) is 4.06. The van der Waals surface area contributed by atoms with Gasteiger partial charge in [-0.25, -0.2) is 4.98 Å². The average molecular weight is 319 g/mol. The molecule has 0 atom stereocenters. The van der Waals surface area contributed by atoms with Crippen LogP contribution in [0.4, 0.5) is 0 Å². The summed E-state index contributed by atoms with van der Waals surface area (Å²) in [6.07, 6.45) is 0. The number of aromatic hydroxyl groups is 1. The lowest BCUT2D eigenvalue weighted by atomic mass is 10.2. The lowest BCUT2D eigenvalue weighted by molar-refractivity contribution is 0.415. The van der Waals surface area contributed by atoms with Crippen LogP contribution < -0.4 is 4.74 Å². The van der Waals surface area contributed by atoms with E-state index in [4.69, 9.17) is 4.74 Å². The molecule has 0 bridgehead atoms. The maximum Gasteiger partial charge on any atom is 0.197 e. The predicted molar refractivity (Wildman–Crippen MR) is 76.5 cm³/mol. The Bertz CT molecular complexity index is 752. The van der Waals surface area contributed by atoms with Crippen LogP contribution in [0.25, 0.3) is 16.9 Å². The fourth-order valence-electron chi connectivity index (χ4n) is 2.04. The first-order valence-electron chi connectivity index (χ1n) is 5.71. The van der Waals surface area contributed by atoms with Gasteiger partial charge < -0.3 is 9.84 Å². The van der Waals surface area contributed by atoms with Crippen molar-refractivity contribution in [3.05, 3.63) is 47.1 Å². The molecule has 0 spiro atoms. The summed E-state index contributed by atoms with van der Waals surface area (Å²) in [5.41, 5.74) is 1.69. The van der Waals surface area contributed by atoms with Gasteiger partial charge in [0.15, 0.2) is 5.88 Å². The number of ether oxygens (including phenoxy) is 1. The van der Waals surface area contributed by atoms with Gasteiger partial charge in [0.2, 0.25) is 0 Å². The summed E-state index contributed by atoms with van der Waals surface area (Å²) in [6.45, 7) is 0. The number of nitrogens with zero attached hydrogens (tertiary/aromatic N) is 2. The Balaban J connectivity index is 2.30. The third-order valence-electron chi connectivity index (χ3n) is 2.92. The van der Waals surface area contributed by atoms with Crippen molar-refractivity contribution in [1.82, 2.24) is 9.38 Å². The van der Waals surface area contributed by atoms with Crippen molar-refractivity contribution < 1.29 is 9.84 Å². The number of hydrogen-bond donors (Lipinski definition) is 1. The van der Waals surface area contributed by atoms with Crippen molar-refractivity contribution in [1.29, 1.82) is 0 Å². The number of benzene rings is 1. The number of pyridine rings is 1. The first kappa shape index (κ1) is 12.0. The third kappa shape index (κ3) is 1.96. The molecule has 0 saturated heterocycles. The van der Waals surface area contributed by atoms with Crippen molar-refractivity contribution in [2.75, 3.05) is 7.11 Å². The summed E-state index contributed by atoms with van der Waals surface area (Å²) in [7, 11) is 1.62. The number of methoxy groups -OCH3 is 1. The Morgan fingerprint density at radius 3 is 2.79 bits per heavy atom. The zero-order valence-electron chi connectivity index (χ0n) is 10.2. The molecule has 3 aromatic rings. The van der Waals surface area contributed by atoms with Crippen LogP contribution in [0.5, 0.6) is 11.6 Å². The second-order valence-corrected chi connectivity index (χ2v) is 4.81. The van der Waals surface area contributed by atoms with Crippen LogP contribution in [-0.4, -0.2) is 21.6 Å². The minimum atomic E-state index is 0.147. The summed E-state index contributed by atoms with van der Waals surface area (Å²) in [6, 6.07) is 12.9. The smallest absolute Gasteiger partial charge is 0.197 e. The number of aromatic nitrogens is 2. The van der Waals surface area contributed by atoms with Crippen molar-refractivity contribution in [3.63, 3.8) is 0 Å². The lowest BCUT2D eigenvalue weighted by Gasteiger charge is -2.05. The second kappa shape index (κ2) is 4.59. The fourth-order valence-corrected chi connectivity index (χ4v) is 2.51. The molecule has 0 radical (unpaired) electrons. The summed E-state index contributed by atoms with van der Waals surface area (Å²) in [4.78, 5) is 4.46. The molecule has 0 saturated carbocycles. The van der Waals surface area contributed by atoms with Gasteiger partial charge in [0.25, 0.3) is 0 Å². The van der Waals surface area contributed by atoms with E-state index >= 15 is 0 Å². The molecule has 0 aliphatic heterocycles. The molecule has 1 N–H and O–H groups in total. The molecule has 19 heavy (non-hydrogen) atoms. The van der Waals surface area contributed by atoms with Crippen LogP contribution in [0.3, 0.4) is 0 Å². The molecule has 4 nitrogen and oxygen atoms in total. The Morgan fingerprint density at radius 1 is 1.21 bits per heavy atom. The Labute approximate surface area is 118 Å². The molecule has 0 aliphatic rings. The number of hydrogen-bond acceptors (Lipinski definition) is 3. The van der Waals surface area contributed by atoms with Gasteiger partial charge in [0.05, 0.1) is 12.6 Å². The third-order valence-corrected chi connectivity index (χ3v) is 3.51. The van der Waals surface area contributed by atoms with E-state index in [0.29, 0.717) is 10.4 Å². The zero-order chi connectivity index (χ0) is 13.4. The topological polar surface area (TPSA) is 46.8 Å². The number of fused-ring (bicyclic) bond motifs is 1. The van der Waals surface area contributed by atoms with E-state index in [0.717, 1.165) is 16.8 Å². The fraction of sp³-hybridized carbons (Fsp3) is 0.0714. The summed E-state index contributed by atoms with van der Waals surface area (Å²) in [5.74, 6) is 1.56. The molecule has 0 amide bonds. The van der Waals surface area contributed by atoms with Crippen LogP contribution in [0, 0.1) is 0 Å². The van der Waals surface area contributed by atoms with E-state index in [2.05, 4.69) is 20.9 Å².